The lowest BCUT2D eigenvalue weighted by Crippen LogP contribution is -2.62. The fourth-order valence-electron chi connectivity index (χ4n) is 5.19. The number of hydrogen-bond donors (Lipinski definition) is 1. The van der Waals surface area contributed by atoms with E-state index in [9.17, 15) is 22.8 Å². The Morgan fingerprint density at radius 1 is 1.00 bits per heavy atom. The summed E-state index contributed by atoms with van der Waals surface area (Å²) < 4.78 is 45.4. The van der Waals surface area contributed by atoms with Gasteiger partial charge in [-0.2, -0.15) is 18.3 Å². The molecule has 216 valence electrons. The van der Waals surface area contributed by atoms with Crippen LogP contribution < -0.4 is 0 Å². The van der Waals surface area contributed by atoms with Crippen molar-refractivity contribution in [2.45, 2.75) is 58.7 Å². The third-order valence-corrected chi connectivity index (χ3v) is 7.37. The van der Waals surface area contributed by atoms with Crippen LogP contribution in [0, 0.1) is 6.92 Å². The predicted octanol–water partition coefficient (Wildman–Crippen LogP) is 6.22. The van der Waals surface area contributed by atoms with Gasteiger partial charge in [0.15, 0.2) is 11.3 Å². The van der Waals surface area contributed by atoms with Crippen LogP contribution in [0.25, 0.3) is 22.4 Å². The average molecular weight is 568 g/mol. The van der Waals surface area contributed by atoms with Crippen LogP contribution in [-0.2, 0) is 11.6 Å². The van der Waals surface area contributed by atoms with Crippen LogP contribution in [0.2, 0.25) is 0 Å². The zero-order chi connectivity index (χ0) is 29.9. The molecule has 8 nitrogen and oxygen atoms in total. The number of halogens is 3. The van der Waals surface area contributed by atoms with Crippen molar-refractivity contribution in [1.29, 1.82) is 0 Å². The smallest absolute Gasteiger partial charge is 0.416 e. The number of amides is 2. The third kappa shape index (κ3) is 5.45. The van der Waals surface area contributed by atoms with Crippen LogP contribution in [0.5, 0.6) is 0 Å². The molecule has 0 spiro atoms. The number of carbonyl (C=O) groups excluding carboxylic acids is 2. The third-order valence-electron chi connectivity index (χ3n) is 7.37. The van der Waals surface area contributed by atoms with Gasteiger partial charge in [0.2, 0.25) is 0 Å². The van der Waals surface area contributed by atoms with E-state index in [4.69, 9.17) is 4.42 Å². The number of rotatable bonds is 3. The van der Waals surface area contributed by atoms with Gasteiger partial charge < -0.3 is 14.2 Å². The van der Waals surface area contributed by atoms with Crippen molar-refractivity contribution in [3.63, 3.8) is 0 Å². The molecule has 0 bridgehead atoms. The highest BCUT2D eigenvalue weighted by atomic mass is 19.4. The van der Waals surface area contributed by atoms with Crippen LogP contribution >= 0.6 is 0 Å². The highest BCUT2D eigenvalue weighted by molar-refractivity contribution is 5.97. The molecule has 2 amide bonds. The Morgan fingerprint density at radius 3 is 2.24 bits per heavy atom. The molecule has 5 rings (SSSR count). The Bertz CT molecular complexity index is 1630. The van der Waals surface area contributed by atoms with Gasteiger partial charge in [-0.1, -0.05) is 32.9 Å². The van der Waals surface area contributed by atoms with Crippen LogP contribution in [-0.4, -0.2) is 62.0 Å². The molecule has 3 aromatic heterocycles. The van der Waals surface area contributed by atoms with E-state index in [1.165, 1.54) is 12.1 Å². The number of pyridine rings is 1. The quantitative estimate of drug-likeness (QED) is 0.317. The molecule has 1 saturated heterocycles. The number of aryl methyl sites for hydroxylation is 1. The Kier molecular flexibility index (Phi) is 6.74. The molecule has 41 heavy (non-hydrogen) atoms. The van der Waals surface area contributed by atoms with E-state index in [2.05, 4.69) is 15.2 Å². The lowest BCUT2D eigenvalue weighted by Gasteiger charge is -2.46. The van der Waals surface area contributed by atoms with Gasteiger partial charge in [0.25, 0.3) is 11.8 Å². The zero-order valence-corrected chi connectivity index (χ0v) is 23.8. The summed E-state index contributed by atoms with van der Waals surface area (Å²) in [6.07, 6.45) is -4.43. The van der Waals surface area contributed by atoms with Gasteiger partial charge in [0.05, 0.1) is 16.8 Å². The van der Waals surface area contributed by atoms with E-state index in [1.807, 2.05) is 41.5 Å². The van der Waals surface area contributed by atoms with Crippen molar-refractivity contribution in [3.05, 3.63) is 70.7 Å². The largest absolute Gasteiger partial charge is 0.449 e. The number of carbonyl (C=O) groups is 2. The van der Waals surface area contributed by atoms with Crippen LogP contribution in [0.1, 0.15) is 72.5 Å². The van der Waals surface area contributed by atoms with E-state index in [0.717, 1.165) is 23.4 Å². The average Bonchev–Trinajstić information content (AvgIpc) is 3.52. The first-order chi connectivity index (χ1) is 19.0. The first-order valence-electron chi connectivity index (χ1n) is 13.3. The number of aromatic nitrogens is 3. The van der Waals surface area contributed by atoms with Gasteiger partial charge >= 0.3 is 6.18 Å². The first-order valence-corrected chi connectivity index (χ1v) is 13.3. The minimum atomic E-state index is -4.43. The summed E-state index contributed by atoms with van der Waals surface area (Å²) in [5, 5.41) is 6.85. The lowest BCUT2D eigenvalue weighted by molar-refractivity contribution is -0.137. The Morgan fingerprint density at radius 2 is 1.68 bits per heavy atom. The second-order valence-corrected chi connectivity index (χ2v) is 12.1. The second-order valence-electron chi connectivity index (χ2n) is 12.1. The monoisotopic (exact) mass is 567 g/mol. The first kappa shape index (κ1) is 28.4. The molecule has 0 atom stereocenters. The molecule has 0 unspecified atom stereocenters. The van der Waals surface area contributed by atoms with E-state index in [0.29, 0.717) is 47.7 Å². The molecule has 0 radical (unpaired) electrons. The van der Waals surface area contributed by atoms with E-state index < -0.39 is 22.7 Å². The molecule has 1 fully saturated rings. The molecule has 1 aliphatic rings. The molecular weight excluding hydrogens is 535 g/mol. The molecule has 0 saturated carbocycles. The summed E-state index contributed by atoms with van der Waals surface area (Å²) in [5.74, 6) is -0.418. The van der Waals surface area contributed by atoms with Gasteiger partial charge in [-0.15, -0.1) is 0 Å². The highest BCUT2D eigenvalue weighted by Gasteiger charge is 2.40. The summed E-state index contributed by atoms with van der Waals surface area (Å²) in [5.41, 5.74) is 1.96. The summed E-state index contributed by atoms with van der Waals surface area (Å²) >= 11 is 0. The number of nitrogens with zero attached hydrogens (tertiary/aromatic N) is 4. The lowest BCUT2D eigenvalue weighted by atomic mass is 9.86. The normalized spacial score (nSPS) is 15.9. The maximum absolute atomic E-state index is 13.8. The SMILES string of the molecule is Cc1cc(C(=O)N2CCN(C(=O)c3cc4nc(-c5ccc(C(F)(F)F)cc5)cc(C(C)(C)C)c4o3)C(C)(C)C2)n[nH]1. The predicted molar refractivity (Wildman–Crippen MR) is 147 cm³/mol. The standard InChI is InChI=1S/C30H32F3N5O3/c1-17-13-23(36-35-17)26(39)37-11-12-38(29(5,6)16-37)27(40)24-15-22-25(41-24)20(28(2,3)4)14-21(34-22)18-7-9-19(10-8-18)30(31,32)33/h7-10,13-15H,11-12,16H2,1-6H3,(H,35,36). The van der Waals surface area contributed by atoms with E-state index in [1.54, 1.807) is 28.0 Å². The fraction of sp³-hybridized carbons (Fsp3) is 0.400. The van der Waals surface area contributed by atoms with E-state index in [-0.39, 0.29) is 17.6 Å². The molecule has 11 heteroatoms. The summed E-state index contributed by atoms with van der Waals surface area (Å²) in [6, 6.07) is 9.92. The molecule has 4 heterocycles. The highest BCUT2D eigenvalue weighted by Crippen LogP contribution is 2.36. The fourth-order valence-corrected chi connectivity index (χ4v) is 5.19. The van der Waals surface area contributed by atoms with Crippen LogP contribution in [0.15, 0.2) is 46.9 Å². The zero-order valence-electron chi connectivity index (χ0n) is 23.8. The number of benzene rings is 1. The summed E-state index contributed by atoms with van der Waals surface area (Å²) in [6.45, 7) is 12.5. The summed E-state index contributed by atoms with van der Waals surface area (Å²) in [4.78, 5) is 34.8. The summed E-state index contributed by atoms with van der Waals surface area (Å²) in [7, 11) is 0. The minimum Gasteiger partial charge on any atom is -0.449 e. The maximum Gasteiger partial charge on any atom is 0.416 e. The number of H-pyrrole nitrogens is 1. The van der Waals surface area contributed by atoms with E-state index >= 15 is 0 Å². The second kappa shape index (κ2) is 9.74. The van der Waals surface area contributed by atoms with Gasteiger partial charge in [-0.05, 0) is 50.5 Å². The molecule has 1 N–H and O–H groups in total. The number of nitrogens with one attached hydrogen (secondary N) is 1. The van der Waals surface area contributed by atoms with Crippen molar-refractivity contribution >= 4 is 22.9 Å². The topological polar surface area (TPSA) is 95.3 Å². The maximum atomic E-state index is 13.8. The van der Waals surface area contributed by atoms with Crippen molar-refractivity contribution in [1.82, 2.24) is 25.0 Å². The Labute approximate surface area is 235 Å². The molecule has 1 aromatic carbocycles. The van der Waals surface area contributed by atoms with Gasteiger partial charge in [0.1, 0.15) is 11.2 Å². The number of fused-ring (bicyclic) bond motifs is 1. The Hall–Kier alpha value is -4.15. The number of alkyl halides is 3. The van der Waals surface area contributed by atoms with Gasteiger partial charge in [-0.25, -0.2) is 4.98 Å². The number of aromatic amines is 1. The van der Waals surface area contributed by atoms with Crippen molar-refractivity contribution in [2.75, 3.05) is 19.6 Å². The number of piperazine rings is 1. The van der Waals surface area contributed by atoms with Crippen molar-refractivity contribution in [2.24, 2.45) is 0 Å². The number of furan rings is 1. The van der Waals surface area contributed by atoms with Crippen LogP contribution in [0.4, 0.5) is 13.2 Å². The molecular formula is C30H32F3N5O3. The van der Waals surface area contributed by atoms with Crippen molar-refractivity contribution < 1.29 is 27.2 Å². The van der Waals surface area contributed by atoms with Crippen LogP contribution in [0.3, 0.4) is 0 Å². The molecule has 4 aromatic rings. The Balaban J connectivity index is 1.46. The van der Waals surface area contributed by atoms with Gasteiger partial charge in [0, 0.05) is 42.5 Å². The minimum absolute atomic E-state index is 0.110. The molecule has 1 aliphatic heterocycles. The number of hydrogen-bond acceptors (Lipinski definition) is 5. The molecule has 0 aliphatic carbocycles. The van der Waals surface area contributed by atoms with Gasteiger partial charge in [-0.3, -0.25) is 14.7 Å². The van der Waals surface area contributed by atoms with Crippen molar-refractivity contribution in [3.8, 4) is 11.3 Å².